The van der Waals surface area contributed by atoms with Crippen molar-refractivity contribution in [3.05, 3.63) is 0 Å². The highest BCUT2D eigenvalue weighted by atomic mass is 19.3. The Hall–Kier alpha value is -1.00. The smallest absolute Gasteiger partial charge is 0.277 e. The molecule has 1 N–H and O–H groups in total. The highest BCUT2D eigenvalue weighted by Crippen LogP contribution is 2.46. The van der Waals surface area contributed by atoms with E-state index in [4.69, 9.17) is 0 Å². The molecule has 0 bridgehead atoms. The summed E-state index contributed by atoms with van der Waals surface area (Å²) in [5.74, 6) is -4.29. The first-order valence-electron chi connectivity index (χ1n) is 4.20. The van der Waals surface area contributed by atoms with E-state index < -0.39 is 29.6 Å². The minimum absolute atomic E-state index is 0.0740. The van der Waals surface area contributed by atoms with Gasteiger partial charge in [-0.3, -0.25) is 9.59 Å². The van der Waals surface area contributed by atoms with Gasteiger partial charge in [0.05, 0.1) is 6.42 Å². The zero-order valence-electron chi connectivity index (χ0n) is 6.90. The van der Waals surface area contributed by atoms with Crippen LogP contribution in [0.4, 0.5) is 8.78 Å². The topological polar surface area (TPSA) is 46.2 Å². The third kappa shape index (κ3) is 0.927. The van der Waals surface area contributed by atoms with Crippen molar-refractivity contribution in [3.8, 4) is 0 Å². The van der Waals surface area contributed by atoms with Gasteiger partial charge in [0.2, 0.25) is 5.91 Å². The Kier molecular flexibility index (Phi) is 1.50. The lowest BCUT2D eigenvalue weighted by Gasteiger charge is -2.28. The highest BCUT2D eigenvalue weighted by molar-refractivity contribution is 6.11. The van der Waals surface area contributed by atoms with Crippen molar-refractivity contribution in [2.45, 2.75) is 37.1 Å². The lowest BCUT2D eigenvalue weighted by molar-refractivity contribution is -0.136. The third-order valence-electron chi connectivity index (χ3n) is 2.82. The maximum atomic E-state index is 13.3. The number of rotatable bonds is 0. The summed E-state index contributed by atoms with van der Waals surface area (Å²) < 4.78 is 26.6. The second-order valence-electron chi connectivity index (χ2n) is 3.61. The molecule has 13 heavy (non-hydrogen) atoms. The number of carbonyl (C=O) groups excluding carboxylic acids is 2. The molecule has 2 rings (SSSR count). The molecule has 0 radical (unpaired) electrons. The van der Waals surface area contributed by atoms with E-state index in [1.54, 1.807) is 0 Å². The van der Waals surface area contributed by atoms with Gasteiger partial charge in [0, 0.05) is 6.42 Å². The van der Waals surface area contributed by atoms with Crippen LogP contribution in [-0.4, -0.2) is 23.2 Å². The van der Waals surface area contributed by atoms with Gasteiger partial charge >= 0.3 is 0 Å². The monoisotopic (exact) mass is 189 g/mol. The Morgan fingerprint density at radius 1 is 1.23 bits per heavy atom. The molecule has 1 aliphatic carbocycles. The Balaban J connectivity index is 2.40. The second kappa shape index (κ2) is 2.27. The Morgan fingerprint density at radius 3 is 2.31 bits per heavy atom. The molecule has 0 aromatic heterocycles. The fraction of sp³-hybridized carbons (Fsp3) is 0.750. The van der Waals surface area contributed by atoms with Gasteiger partial charge in [-0.1, -0.05) is 0 Å². The van der Waals surface area contributed by atoms with Crippen LogP contribution in [0.25, 0.3) is 0 Å². The number of halogens is 2. The summed E-state index contributed by atoms with van der Waals surface area (Å²) in [5, 5.41) is 2.13. The van der Waals surface area contributed by atoms with Crippen LogP contribution in [0.3, 0.4) is 0 Å². The molecule has 3 nitrogen and oxygen atoms in total. The van der Waals surface area contributed by atoms with Gasteiger partial charge in [-0.2, -0.15) is 0 Å². The molecule has 1 spiro atoms. The molecule has 1 atom stereocenters. The maximum Gasteiger partial charge on any atom is 0.277 e. The molecule has 5 heteroatoms. The third-order valence-corrected chi connectivity index (χ3v) is 2.82. The van der Waals surface area contributed by atoms with Crippen LogP contribution in [0.1, 0.15) is 25.7 Å². The first kappa shape index (κ1) is 8.59. The standard InChI is InChI=1S/C8H9F2NO2/c9-8(10)3-1-2-7(8)5(12)4-6(13)11-7/h1-4H2,(H,11,13). The molecular formula is C8H9F2NO2. The van der Waals surface area contributed by atoms with Crippen LogP contribution in [0.2, 0.25) is 0 Å². The minimum atomic E-state index is -3.06. The van der Waals surface area contributed by atoms with Gasteiger partial charge < -0.3 is 5.32 Å². The van der Waals surface area contributed by atoms with Gasteiger partial charge in [0.15, 0.2) is 11.3 Å². The van der Waals surface area contributed by atoms with Crippen molar-refractivity contribution in [3.63, 3.8) is 0 Å². The lowest BCUT2D eigenvalue weighted by Crippen LogP contribution is -2.56. The van der Waals surface area contributed by atoms with Crippen LogP contribution >= 0.6 is 0 Å². The van der Waals surface area contributed by atoms with Crippen molar-refractivity contribution >= 4 is 11.7 Å². The van der Waals surface area contributed by atoms with E-state index in [9.17, 15) is 18.4 Å². The molecule has 0 aromatic rings. The van der Waals surface area contributed by atoms with Crippen LogP contribution in [0.5, 0.6) is 0 Å². The van der Waals surface area contributed by atoms with Crippen molar-refractivity contribution in [1.82, 2.24) is 5.32 Å². The van der Waals surface area contributed by atoms with Crippen molar-refractivity contribution in [1.29, 1.82) is 0 Å². The Morgan fingerprint density at radius 2 is 1.92 bits per heavy atom. The van der Waals surface area contributed by atoms with Crippen molar-refractivity contribution in [2.24, 2.45) is 0 Å². The van der Waals surface area contributed by atoms with E-state index >= 15 is 0 Å². The molecular weight excluding hydrogens is 180 g/mol. The number of hydrogen-bond acceptors (Lipinski definition) is 2. The molecule has 2 aliphatic rings. The summed E-state index contributed by atoms with van der Waals surface area (Å²) in [7, 11) is 0. The molecule has 72 valence electrons. The van der Waals surface area contributed by atoms with Crippen LogP contribution in [0.15, 0.2) is 0 Å². The minimum Gasteiger partial charge on any atom is -0.338 e. The summed E-state index contributed by atoms with van der Waals surface area (Å²) in [6.07, 6.45) is -0.335. The van der Waals surface area contributed by atoms with E-state index in [1.807, 2.05) is 0 Å². The first-order valence-corrected chi connectivity index (χ1v) is 4.20. The maximum absolute atomic E-state index is 13.3. The van der Waals surface area contributed by atoms with Gasteiger partial charge in [0.25, 0.3) is 5.92 Å². The quantitative estimate of drug-likeness (QED) is 0.568. The van der Waals surface area contributed by atoms with Gasteiger partial charge in [-0.25, -0.2) is 8.78 Å². The predicted octanol–water partition coefficient (Wildman–Crippen LogP) is 0.633. The molecule has 1 aliphatic heterocycles. The molecule has 1 saturated heterocycles. The summed E-state index contributed by atoms with van der Waals surface area (Å²) in [5.41, 5.74) is -1.86. The number of carbonyl (C=O) groups is 2. The van der Waals surface area contributed by atoms with E-state index in [-0.39, 0.29) is 12.8 Å². The number of nitrogens with one attached hydrogen (secondary N) is 1. The molecule has 1 heterocycles. The molecule has 1 unspecified atom stereocenters. The Labute approximate surface area is 73.5 Å². The highest BCUT2D eigenvalue weighted by Gasteiger charge is 2.65. The molecule has 2 fully saturated rings. The summed E-state index contributed by atoms with van der Waals surface area (Å²) >= 11 is 0. The average molecular weight is 189 g/mol. The SMILES string of the molecule is O=C1CC(=O)C2(CCCC2(F)F)N1. The molecule has 1 saturated carbocycles. The number of hydrogen-bond donors (Lipinski definition) is 1. The van der Waals surface area contributed by atoms with Gasteiger partial charge in [-0.15, -0.1) is 0 Å². The normalized spacial score (nSPS) is 37.1. The molecule has 1 amide bonds. The zero-order chi connectivity index (χ0) is 9.69. The second-order valence-corrected chi connectivity index (χ2v) is 3.61. The average Bonchev–Trinajstić information content (AvgIpc) is 2.40. The van der Waals surface area contributed by atoms with Crippen LogP contribution in [0, 0.1) is 0 Å². The van der Waals surface area contributed by atoms with E-state index in [0.29, 0.717) is 6.42 Å². The zero-order valence-corrected chi connectivity index (χ0v) is 6.90. The fourth-order valence-corrected chi connectivity index (χ4v) is 2.12. The van der Waals surface area contributed by atoms with Gasteiger partial charge in [0.1, 0.15) is 0 Å². The summed E-state index contributed by atoms with van der Waals surface area (Å²) in [6, 6.07) is 0. The fourth-order valence-electron chi connectivity index (χ4n) is 2.12. The van der Waals surface area contributed by atoms with Gasteiger partial charge in [-0.05, 0) is 12.8 Å². The Bertz CT molecular complexity index is 290. The predicted molar refractivity (Wildman–Crippen MR) is 39.3 cm³/mol. The number of ketones is 1. The summed E-state index contributed by atoms with van der Waals surface area (Å²) in [4.78, 5) is 22.1. The van der Waals surface area contributed by atoms with Crippen LogP contribution < -0.4 is 5.32 Å². The number of amides is 1. The largest absolute Gasteiger partial charge is 0.338 e. The number of Topliss-reactive ketones (excluding diaryl/α,β-unsaturated/α-hetero) is 1. The summed E-state index contributed by atoms with van der Waals surface area (Å²) in [6.45, 7) is 0. The first-order chi connectivity index (χ1) is 5.98. The number of alkyl halides is 2. The van der Waals surface area contributed by atoms with Crippen molar-refractivity contribution < 1.29 is 18.4 Å². The van der Waals surface area contributed by atoms with Crippen LogP contribution in [-0.2, 0) is 9.59 Å². The lowest BCUT2D eigenvalue weighted by atomic mass is 9.91. The molecule has 0 aromatic carbocycles. The van der Waals surface area contributed by atoms with E-state index in [1.165, 1.54) is 0 Å². The van der Waals surface area contributed by atoms with E-state index in [2.05, 4.69) is 5.32 Å². The van der Waals surface area contributed by atoms with E-state index in [0.717, 1.165) is 0 Å². The van der Waals surface area contributed by atoms with Crippen molar-refractivity contribution in [2.75, 3.05) is 0 Å².